The van der Waals surface area contributed by atoms with Crippen LogP contribution in [-0.4, -0.2) is 82.8 Å². The molecule has 0 bridgehead atoms. The van der Waals surface area contributed by atoms with Gasteiger partial charge in [0.2, 0.25) is 0 Å². The van der Waals surface area contributed by atoms with Crippen LogP contribution >= 0.6 is 0 Å². The quantitative estimate of drug-likeness (QED) is 0.0388. The van der Waals surface area contributed by atoms with E-state index in [1.807, 2.05) is 0 Å². The SMILES string of the molecule is CCCCCC[C@H](C)CCCCCCCCCOC[C@H](O)CO[C@@H]1[C@@H](O)[C@H](O)[C@@H](O)[C@@H]1OC(=O)CCCCCCCC[C@H](C)CCCCC. The highest BCUT2D eigenvalue weighted by Gasteiger charge is 2.52. The Hall–Kier alpha value is -0.770. The fourth-order valence-electron chi connectivity index (χ4n) is 7.01. The van der Waals surface area contributed by atoms with Gasteiger partial charge >= 0.3 is 5.97 Å². The summed E-state index contributed by atoms with van der Waals surface area (Å²) in [5, 5.41) is 41.4. The van der Waals surface area contributed by atoms with E-state index in [1.165, 1.54) is 116 Å². The molecular weight excluding hydrogens is 620 g/mol. The van der Waals surface area contributed by atoms with Crippen molar-refractivity contribution in [2.45, 2.75) is 225 Å². The molecule has 0 saturated heterocycles. The van der Waals surface area contributed by atoms with Crippen molar-refractivity contribution in [2.75, 3.05) is 19.8 Å². The van der Waals surface area contributed by atoms with E-state index in [-0.39, 0.29) is 19.6 Å². The minimum absolute atomic E-state index is 0.0903. The minimum atomic E-state index is -1.49. The molecule has 0 radical (unpaired) electrons. The summed E-state index contributed by atoms with van der Waals surface area (Å²) in [6.45, 7) is 9.76. The van der Waals surface area contributed by atoms with Gasteiger partial charge in [-0.15, -0.1) is 0 Å². The third-order valence-electron chi connectivity index (χ3n) is 10.4. The topological polar surface area (TPSA) is 126 Å². The third kappa shape index (κ3) is 23.4. The molecule has 1 fully saturated rings. The number of hydrogen-bond acceptors (Lipinski definition) is 8. The van der Waals surface area contributed by atoms with Crippen LogP contribution in [0.4, 0.5) is 0 Å². The van der Waals surface area contributed by atoms with E-state index in [2.05, 4.69) is 27.7 Å². The zero-order chi connectivity index (χ0) is 36.1. The zero-order valence-corrected chi connectivity index (χ0v) is 32.3. The highest BCUT2D eigenvalue weighted by atomic mass is 16.6. The molecule has 0 heterocycles. The molecule has 292 valence electrons. The summed E-state index contributed by atoms with van der Waals surface area (Å²) >= 11 is 0. The Morgan fingerprint density at radius 1 is 0.551 bits per heavy atom. The monoisotopic (exact) mass is 701 g/mol. The summed E-state index contributed by atoms with van der Waals surface area (Å²) in [7, 11) is 0. The minimum Gasteiger partial charge on any atom is -0.457 e. The first kappa shape index (κ1) is 46.3. The lowest BCUT2D eigenvalue weighted by molar-refractivity contribution is -0.168. The summed E-state index contributed by atoms with van der Waals surface area (Å²) in [5.74, 6) is 1.19. The van der Waals surface area contributed by atoms with Crippen LogP contribution in [0.2, 0.25) is 0 Å². The first-order chi connectivity index (χ1) is 23.7. The Morgan fingerprint density at radius 3 is 1.53 bits per heavy atom. The summed E-state index contributed by atoms with van der Waals surface area (Å²) in [4.78, 5) is 12.5. The van der Waals surface area contributed by atoms with Crippen molar-refractivity contribution < 1.29 is 39.4 Å². The highest BCUT2D eigenvalue weighted by Crippen LogP contribution is 2.28. The van der Waals surface area contributed by atoms with Crippen LogP contribution in [0.25, 0.3) is 0 Å². The number of aliphatic hydroxyl groups is 4. The number of ether oxygens (including phenoxy) is 3. The normalized spacial score (nSPS) is 22.7. The molecule has 49 heavy (non-hydrogen) atoms. The Morgan fingerprint density at radius 2 is 0.980 bits per heavy atom. The lowest BCUT2D eigenvalue weighted by atomic mass is 9.96. The number of unbranched alkanes of at least 4 members (excludes halogenated alkanes) is 16. The second kappa shape index (κ2) is 30.8. The molecule has 0 spiro atoms. The Labute approximate surface area is 301 Å². The van der Waals surface area contributed by atoms with E-state index in [0.717, 1.165) is 43.9 Å². The largest absolute Gasteiger partial charge is 0.457 e. The van der Waals surface area contributed by atoms with Crippen LogP contribution in [0.1, 0.15) is 188 Å². The smallest absolute Gasteiger partial charge is 0.306 e. The van der Waals surface area contributed by atoms with Gasteiger partial charge in [0.1, 0.15) is 30.5 Å². The van der Waals surface area contributed by atoms with Gasteiger partial charge < -0.3 is 34.6 Å². The van der Waals surface area contributed by atoms with Gasteiger partial charge in [-0.3, -0.25) is 4.79 Å². The van der Waals surface area contributed by atoms with Crippen molar-refractivity contribution in [1.82, 2.24) is 0 Å². The van der Waals surface area contributed by atoms with E-state index in [9.17, 15) is 25.2 Å². The van der Waals surface area contributed by atoms with Gasteiger partial charge in [-0.1, -0.05) is 169 Å². The average Bonchev–Trinajstić information content (AvgIpc) is 3.28. The second-order valence-electron chi connectivity index (χ2n) is 15.4. The molecule has 1 rings (SSSR count). The number of esters is 1. The van der Waals surface area contributed by atoms with Gasteiger partial charge in [0.25, 0.3) is 0 Å². The van der Waals surface area contributed by atoms with Gasteiger partial charge in [0.05, 0.1) is 13.2 Å². The zero-order valence-electron chi connectivity index (χ0n) is 32.3. The fraction of sp³-hybridized carbons (Fsp3) is 0.976. The van der Waals surface area contributed by atoms with Crippen LogP contribution in [0.15, 0.2) is 0 Å². The lowest BCUT2D eigenvalue weighted by Crippen LogP contribution is -2.41. The number of carbonyl (C=O) groups is 1. The Balaban J connectivity index is 2.11. The first-order valence-electron chi connectivity index (χ1n) is 20.8. The molecule has 0 amide bonds. The molecule has 8 heteroatoms. The van der Waals surface area contributed by atoms with E-state index in [1.54, 1.807) is 0 Å². The first-order valence-corrected chi connectivity index (χ1v) is 20.8. The van der Waals surface area contributed by atoms with Gasteiger partial charge in [-0.05, 0) is 24.7 Å². The molecule has 0 aliphatic heterocycles. The maximum absolute atomic E-state index is 12.5. The number of carbonyl (C=O) groups excluding carboxylic acids is 1. The highest BCUT2D eigenvalue weighted by molar-refractivity contribution is 5.69. The second-order valence-corrected chi connectivity index (χ2v) is 15.4. The fourth-order valence-corrected chi connectivity index (χ4v) is 7.01. The molecule has 8 atom stereocenters. The maximum Gasteiger partial charge on any atom is 0.306 e. The summed E-state index contributed by atoms with van der Waals surface area (Å²) in [6.07, 6.45) is 22.2. The summed E-state index contributed by atoms with van der Waals surface area (Å²) in [5.41, 5.74) is 0. The van der Waals surface area contributed by atoms with Crippen LogP contribution < -0.4 is 0 Å². The summed E-state index contributed by atoms with van der Waals surface area (Å²) in [6, 6.07) is 0. The van der Waals surface area contributed by atoms with Crippen LogP contribution in [0, 0.1) is 11.8 Å². The van der Waals surface area contributed by atoms with Crippen molar-refractivity contribution in [3.8, 4) is 0 Å². The van der Waals surface area contributed by atoms with Crippen molar-refractivity contribution in [3.05, 3.63) is 0 Å². The average molecular weight is 701 g/mol. The molecule has 1 saturated carbocycles. The summed E-state index contributed by atoms with van der Waals surface area (Å²) < 4.78 is 16.8. The Bertz CT molecular complexity index is 751. The van der Waals surface area contributed by atoms with Gasteiger partial charge in [0.15, 0.2) is 6.10 Å². The molecule has 8 nitrogen and oxygen atoms in total. The molecule has 4 N–H and O–H groups in total. The molecule has 0 aromatic heterocycles. The predicted molar refractivity (Wildman–Crippen MR) is 200 cm³/mol. The van der Waals surface area contributed by atoms with Crippen LogP contribution in [0.3, 0.4) is 0 Å². The number of hydrogen-bond donors (Lipinski definition) is 4. The molecular formula is C41H80O8. The van der Waals surface area contributed by atoms with E-state index in [0.29, 0.717) is 13.0 Å². The number of aliphatic hydroxyl groups excluding tert-OH is 4. The van der Waals surface area contributed by atoms with Crippen molar-refractivity contribution in [3.63, 3.8) is 0 Å². The lowest BCUT2D eigenvalue weighted by Gasteiger charge is -2.24. The molecule has 1 aliphatic rings. The van der Waals surface area contributed by atoms with Crippen molar-refractivity contribution in [1.29, 1.82) is 0 Å². The molecule has 0 aromatic rings. The van der Waals surface area contributed by atoms with Gasteiger partial charge in [-0.2, -0.15) is 0 Å². The molecule has 0 aromatic carbocycles. The van der Waals surface area contributed by atoms with Crippen LogP contribution in [0.5, 0.6) is 0 Å². The maximum atomic E-state index is 12.5. The van der Waals surface area contributed by atoms with Crippen LogP contribution in [-0.2, 0) is 19.0 Å². The number of rotatable bonds is 34. The Kier molecular flexibility index (Phi) is 29.1. The van der Waals surface area contributed by atoms with Gasteiger partial charge in [-0.25, -0.2) is 0 Å². The third-order valence-corrected chi connectivity index (χ3v) is 10.4. The molecule has 1 aliphatic carbocycles. The van der Waals surface area contributed by atoms with Crippen molar-refractivity contribution >= 4 is 5.97 Å². The van der Waals surface area contributed by atoms with E-state index in [4.69, 9.17) is 14.2 Å². The van der Waals surface area contributed by atoms with Gasteiger partial charge in [0, 0.05) is 13.0 Å². The van der Waals surface area contributed by atoms with E-state index >= 15 is 0 Å². The standard InChI is InChI=1S/C41H80O8/c1-5-7-9-20-26-34(4)28-21-15-11-10-14-18-24-30-47-31-35(42)32-48-40-38(45)37(44)39(46)41(40)49-36(43)29-23-17-13-12-16-22-27-33(3)25-19-8-6-2/h33-35,37-42,44-46H,5-32H2,1-4H3/t33-,34+,35+,37+,38+,39-,40-,41+/m1/s1. The molecule has 0 unspecified atom stereocenters. The predicted octanol–water partition coefficient (Wildman–Crippen LogP) is 8.82. The van der Waals surface area contributed by atoms with E-state index < -0.39 is 42.6 Å². The van der Waals surface area contributed by atoms with Crippen molar-refractivity contribution in [2.24, 2.45) is 11.8 Å².